The number of hydrogen-bond donors (Lipinski definition) is 2. The van der Waals surface area contributed by atoms with E-state index in [1.807, 2.05) is 31.2 Å². The molecule has 0 heterocycles. The number of hydrogen-bond acceptors (Lipinski definition) is 5. The molecule has 3 rings (SSSR count). The molecule has 2 N–H and O–H groups in total. The van der Waals surface area contributed by atoms with E-state index in [9.17, 15) is 19.7 Å². The first-order chi connectivity index (χ1) is 14.3. The lowest BCUT2D eigenvalue weighted by atomic mass is 10.2. The van der Waals surface area contributed by atoms with Crippen molar-refractivity contribution in [3.05, 3.63) is 88.0 Å². The fourth-order valence-electron chi connectivity index (χ4n) is 2.66. The van der Waals surface area contributed by atoms with Crippen molar-refractivity contribution in [3.8, 4) is 0 Å². The quantitative estimate of drug-likeness (QED) is 0.417. The third-order valence-corrected chi connectivity index (χ3v) is 5.20. The number of aryl methyl sites for hydroxylation is 1. The van der Waals surface area contributed by atoms with Crippen LogP contribution >= 0.6 is 11.8 Å². The first-order valence-electron chi connectivity index (χ1n) is 9.04. The number of amides is 2. The normalized spacial score (nSPS) is 10.3. The summed E-state index contributed by atoms with van der Waals surface area (Å²) in [4.78, 5) is 36.0. The summed E-state index contributed by atoms with van der Waals surface area (Å²) in [5, 5.41) is 16.9. The van der Waals surface area contributed by atoms with Gasteiger partial charge in [-0.15, -0.1) is 0 Å². The van der Waals surface area contributed by atoms with Gasteiger partial charge in [-0.25, -0.2) is 0 Å². The van der Waals surface area contributed by atoms with Gasteiger partial charge >= 0.3 is 0 Å². The molecule has 0 radical (unpaired) electrons. The van der Waals surface area contributed by atoms with Gasteiger partial charge in [0.25, 0.3) is 11.6 Å². The van der Waals surface area contributed by atoms with Crippen LogP contribution in [0.4, 0.5) is 17.1 Å². The summed E-state index contributed by atoms with van der Waals surface area (Å²) in [6, 6.07) is 18.7. The first-order valence-corrected chi connectivity index (χ1v) is 9.85. The molecule has 0 aliphatic heterocycles. The highest BCUT2D eigenvalue weighted by Gasteiger charge is 2.18. The van der Waals surface area contributed by atoms with Crippen molar-refractivity contribution in [1.29, 1.82) is 0 Å². The second kappa shape index (κ2) is 9.23. The second-order valence-electron chi connectivity index (χ2n) is 6.57. The predicted octanol–water partition coefficient (Wildman–Crippen LogP) is 5.27. The highest BCUT2D eigenvalue weighted by atomic mass is 32.2. The topological polar surface area (TPSA) is 101 Å². The summed E-state index contributed by atoms with van der Waals surface area (Å²) < 4.78 is 0. The molecule has 3 aromatic rings. The largest absolute Gasteiger partial charge is 0.326 e. The van der Waals surface area contributed by atoms with Gasteiger partial charge in [-0.05, 0) is 55.5 Å². The number of nitro benzene ring substituents is 1. The number of carbonyl (C=O) groups excluding carboxylic acids is 2. The van der Waals surface area contributed by atoms with Crippen molar-refractivity contribution >= 4 is 40.6 Å². The van der Waals surface area contributed by atoms with Gasteiger partial charge in [-0.2, -0.15) is 0 Å². The van der Waals surface area contributed by atoms with Crippen LogP contribution in [-0.2, 0) is 4.79 Å². The monoisotopic (exact) mass is 421 g/mol. The zero-order valence-corrected chi connectivity index (χ0v) is 17.2. The third kappa shape index (κ3) is 5.45. The van der Waals surface area contributed by atoms with Crippen LogP contribution in [-0.4, -0.2) is 16.7 Å². The summed E-state index contributed by atoms with van der Waals surface area (Å²) in [5.41, 5.74) is 2.27. The lowest BCUT2D eigenvalue weighted by molar-refractivity contribution is -0.387. The van der Waals surface area contributed by atoms with Crippen LogP contribution in [0.2, 0.25) is 0 Å². The maximum absolute atomic E-state index is 12.5. The van der Waals surface area contributed by atoms with Gasteiger partial charge < -0.3 is 10.6 Å². The van der Waals surface area contributed by atoms with Gasteiger partial charge in [0, 0.05) is 34.8 Å². The Morgan fingerprint density at radius 1 is 0.900 bits per heavy atom. The zero-order valence-electron chi connectivity index (χ0n) is 16.3. The van der Waals surface area contributed by atoms with Crippen LogP contribution in [0.5, 0.6) is 0 Å². The van der Waals surface area contributed by atoms with Gasteiger partial charge in [0.1, 0.15) is 0 Å². The lowest BCUT2D eigenvalue weighted by Gasteiger charge is -2.09. The summed E-state index contributed by atoms with van der Waals surface area (Å²) in [6.45, 7) is 3.38. The molecule has 152 valence electrons. The molecule has 2 amide bonds. The molecule has 0 unspecified atom stereocenters. The van der Waals surface area contributed by atoms with Crippen molar-refractivity contribution in [2.75, 3.05) is 10.6 Å². The molecular weight excluding hydrogens is 402 g/mol. The van der Waals surface area contributed by atoms with Crippen LogP contribution in [0.15, 0.2) is 76.5 Å². The minimum atomic E-state index is -0.491. The Morgan fingerprint density at radius 2 is 1.50 bits per heavy atom. The molecule has 3 aromatic carbocycles. The van der Waals surface area contributed by atoms with E-state index in [0.29, 0.717) is 16.3 Å². The minimum Gasteiger partial charge on any atom is -0.326 e. The molecule has 0 aliphatic carbocycles. The van der Waals surface area contributed by atoms with E-state index in [1.165, 1.54) is 24.8 Å². The van der Waals surface area contributed by atoms with Gasteiger partial charge in [-0.1, -0.05) is 29.5 Å². The van der Waals surface area contributed by atoms with Crippen molar-refractivity contribution in [2.24, 2.45) is 0 Å². The first kappa shape index (κ1) is 21.1. The minimum absolute atomic E-state index is 0.130. The Morgan fingerprint density at radius 3 is 2.07 bits per heavy atom. The molecule has 0 spiro atoms. The summed E-state index contributed by atoms with van der Waals surface area (Å²) >= 11 is 1.27. The molecule has 0 aromatic heterocycles. The van der Waals surface area contributed by atoms with E-state index in [0.717, 1.165) is 10.5 Å². The van der Waals surface area contributed by atoms with E-state index >= 15 is 0 Å². The molecular formula is C22H19N3O4S. The standard InChI is InChI=1S/C22H19N3O4S/c1-14-3-10-19(11-4-14)30-21-12-5-16(13-20(21)25(28)29)22(27)24-18-8-6-17(7-9-18)23-15(2)26/h3-13H,1-2H3,(H,23,26)(H,24,27). The smallest absolute Gasteiger partial charge is 0.284 e. The molecule has 0 aliphatic rings. The number of carbonyl (C=O) groups is 2. The molecule has 30 heavy (non-hydrogen) atoms. The van der Waals surface area contributed by atoms with Crippen LogP contribution in [0.1, 0.15) is 22.8 Å². The Balaban J connectivity index is 1.77. The van der Waals surface area contributed by atoms with Crippen LogP contribution in [0, 0.1) is 17.0 Å². The van der Waals surface area contributed by atoms with Crippen molar-refractivity contribution in [1.82, 2.24) is 0 Å². The van der Waals surface area contributed by atoms with Gasteiger partial charge in [0.2, 0.25) is 5.91 Å². The number of nitrogens with one attached hydrogen (secondary N) is 2. The second-order valence-corrected chi connectivity index (χ2v) is 7.68. The Kier molecular flexibility index (Phi) is 6.48. The maximum Gasteiger partial charge on any atom is 0.284 e. The van der Waals surface area contributed by atoms with E-state index < -0.39 is 10.8 Å². The van der Waals surface area contributed by atoms with Gasteiger partial charge in [-0.3, -0.25) is 19.7 Å². The molecule has 0 fully saturated rings. The van der Waals surface area contributed by atoms with Crippen molar-refractivity contribution in [2.45, 2.75) is 23.6 Å². The van der Waals surface area contributed by atoms with E-state index in [1.54, 1.807) is 36.4 Å². The van der Waals surface area contributed by atoms with Crippen molar-refractivity contribution < 1.29 is 14.5 Å². The number of rotatable bonds is 6. The number of nitro groups is 1. The Hall–Kier alpha value is -3.65. The Labute approximate surface area is 177 Å². The number of anilines is 2. The van der Waals surface area contributed by atoms with Crippen LogP contribution < -0.4 is 10.6 Å². The maximum atomic E-state index is 12.5. The highest BCUT2D eigenvalue weighted by molar-refractivity contribution is 7.99. The molecule has 8 heteroatoms. The fourth-order valence-corrected chi connectivity index (χ4v) is 3.56. The predicted molar refractivity (Wildman–Crippen MR) is 117 cm³/mol. The SMILES string of the molecule is CC(=O)Nc1ccc(NC(=O)c2ccc(Sc3ccc(C)cc3)c([N+](=O)[O-])c2)cc1. The number of benzene rings is 3. The summed E-state index contributed by atoms with van der Waals surface area (Å²) in [5.74, 6) is -0.653. The summed E-state index contributed by atoms with van der Waals surface area (Å²) in [6.07, 6.45) is 0. The van der Waals surface area contributed by atoms with E-state index in [2.05, 4.69) is 10.6 Å². The Bertz CT molecular complexity index is 1100. The molecule has 7 nitrogen and oxygen atoms in total. The van der Waals surface area contributed by atoms with Gasteiger partial charge in [0.15, 0.2) is 0 Å². The fraction of sp³-hybridized carbons (Fsp3) is 0.0909. The highest BCUT2D eigenvalue weighted by Crippen LogP contribution is 2.35. The average Bonchev–Trinajstić information content (AvgIpc) is 2.71. The van der Waals surface area contributed by atoms with Crippen LogP contribution in [0.25, 0.3) is 0 Å². The van der Waals surface area contributed by atoms with Crippen molar-refractivity contribution in [3.63, 3.8) is 0 Å². The van der Waals surface area contributed by atoms with Gasteiger partial charge in [0.05, 0.1) is 9.82 Å². The summed E-state index contributed by atoms with van der Waals surface area (Å²) in [7, 11) is 0. The third-order valence-electron chi connectivity index (χ3n) is 4.13. The molecule has 0 saturated carbocycles. The van der Waals surface area contributed by atoms with E-state index in [4.69, 9.17) is 0 Å². The zero-order chi connectivity index (χ0) is 21.7. The molecule has 0 bridgehead atoms. The lowest BCUT2D eigenvalue weighted by Crippen LogP contribution is -2.12. The molecule has 0 saturated heterocycles. The van der Waals surface area contributed by atoms with E-state index in [-0.39, 0.29) is 17.2 Å². The number of nitrogens with zero attached hydrogens (tertiary/aromatic N) is 1. The van der Waals surface area contributed by atoms with Crippen LogP contribution in [0.3, 0.4) is 0 Å². The molecule has 0 atom stereocenters. The average molecular weight is 421 g/mol.